The lowest BCUT2D eigenvalue weighted by Crippen LogP contribution is -2.35. The first-order chi connectivity index (χ1) is 9.11. The number of aryl methyl sites for hydroxylation is 1. The Morgan fingerprint density at radius 1 is 1.32 bits per heavy atom. The first kappa shape index (κ1) is 14.2. The number of aromatic nitrogens is 1. The van der Waals surface area contributed by atoms with Crippen molar-refractivity contribution >= 4 is 5.69 Å². The van der Waals surface area contributed by atoms with E-state index in [9.17, 15) is 4.79 Å². The molecule has 2 rings (SSSR count). The van der Waals surface area contributed by atoms with Crippen molar-refractivity contribution in [1.29, 1.82) is 0 Å². The van der Waals surface area contributed by atoms with Crippen LogP contribution in [-0.2, 0) is 6.54 Å². The van der Waals surface area contributed by atoms with Gasteiger partial charge < -0.3 is 9.88 Å². The van der Waals surface area contributed by atoms with E-state index in [0.29, 0.717) is 12.0 Å². The number of hydrogen-bond donors (Lipinski definition) is 1. The Balaban J connectivity index is 2.10. The van der Waals surface area contributed by atoms with Gasteiger partial charge in [-0.05, 0) is 30.7 Å². The zero-order valence-corrected chi connectivity index (χ0v) is 12.4. The normalized spacial score (nSPS) is 27.2. The molecule has 0 bridgehead atoms. The molecule has 0 aliphatic heterocycles. The minimum absolute atomic E-state index is 0.0949. The van der Waals surface area contributed by atoms with Crippen molar-refractivity contribution in [1.82, 2.24) is 4.57 Å². The van der Waals surface area contributed by atoms with Crippen LogP contribution in [-0.4, -0.2) is 10.6 Å². The number of pyridine rings is 1. The zero-order chi connectivity index (χ0) is 13.8. The molecule has 0 radical (unpaired) electrons. The van der Waals surface area contributed by atoms with E-state index in [1.54, 1.807) is 10.6 Å². The molecule has 0 aromatic carbocycles. The highest BCUT2D eigenvalue weighted by atomic mass is 16.1. The molecule has 1 heterocycles. The summed E-state index contributed by atoms with van der Waals surface area (Å²) >= 11 is 0. The Labute approximate surface area is 116 Å². The van der Waals surface area contributed by atoms with Crippen LogP contribution in [0, 0.1) is 11.8 Å². The minimum Gasteiger partial charge on any atom is -0.381 e. The number of nitrogens with one attached hydrogen (secondary N) is 1. The highest BCUT2D eigenvalue weighted by molar-refractivity contribution is 5.41. The second-order valence-electron chi connectivity index (χ2n) is 5.97. The van der Waals surface area contributed by atoms with Crippen LogP contribution in [0.5, 0.6) is 0 Å². The fourth-order valence-electron chi connectivity index (χ4n) is 3.03. The lowest BCUT2D eigenvalue weighted by molar-refractivity contribution is 0.253. The van der Waals surface area contributed by atoms with E-state index in [1.807, 2.05) is 12.3 Å². The molecule has 1 aromatic heterocycles. The summed E-state index contributed by atoms with van der Waals surface area (Å²) in [6, 6.07) is 4.13. The predicted octanol–water partition coefficient (Wildman–Crippen LogP) is 3.49. The van der Waals surface area contributed by atoms with E-state index in [0.717, 1.165) is 24.6 Å². The van der Waals surface area contributed by atoms with Gasteiger partial charge in [-0.1, -0.05) is 33.6 Å². The third-order valence-electron chi connectivity index (χ3n) is 4.51. The molecule has 1 saturated carbocycles. The second-order valence-corrected chi connectivity index (χ2v) is 5.97. The molecule has 1 aromatic rings. The van der Waals surface area contributed by atoms with Crippen molar-refractivity contribution in [2.45, 2.75) is 59.0 Å². The van der Waals surface area contributed by atoms with Gasteiger partial charge in [-0.15, -0.1) is 0 Å². The Morgan fingerprint density at radius 3 is 2.84 bits per heavy atom. The lowest BCUT2D eigenvalue weighted by atomic mass is 9.78. The van der Waals surface area contributed by atoms with E-state index in [4.69, 9.17) is 0 Å². The summed E-state index contributed by atoms with van der Waals surface area (Å²) < 4.78 is 1.80. The van der Waals surface area contributed by atoms with Crippen LogP contribution in [0.2, 0.25) is 0 Å². The van der Waals surface area contributed by atoms with Gasteiger partial charge in [0.15, 0.2) is 0 Å². The Kier molecular flexibility index (Phi) is 4.67. The van der Waals surface area contributed by atoms with Crippen LogP contribution in [0.3, 0.4) is 0 Å². The molecule has 0 spiro atoms. The monoisotopic (exact) mass is 262 g/mol. The van der Waals surface area contributed by atoms with Gasteiger partial charge in [-0.3, -0.25) is 4.79 Å². The third kappa shape index (κ3) is 3.40. The molecular weight excluding hydrogens is 236 g/mol. The van der Waals surface area contributed by atoms with Crippen molar-refractivity contribution in [3.8, 4) is 0 Å². The van der Waals surface area contributed by atoms with E-state index < -0.39 is 0 Å². The largest absolute Gasteiger partial charge is 0.381 e. The molecule has 1 N–H and O–H groups in total. The van der Waals surface area contributed by atoms with Gasteiger partial charge in [0.2, 0.25) is 0 Å². The summed E-state index contributed by atoms with van der Waals surface area (Å²) in [6.45, 7) is 7.57. The molecule has 0 amide bonds. The summed E-state index contributed by atoms with van der Waals surface area (Å²) in [5, 5.41) is 3.63. The van der Waals surface area contributed by atoms with Crippen LogP contribution in [0.15, 0.2) is 23.1 Å². The lowest BCUT2D eigenvalue weighted by Gasteiger charge is -2.35. The quantitative estimate of drug-likeness (QED) is 0.901. The van der Waals surface area contributed by atoms with Crippen LogP contribution < -0.4 is 10.9 Å². The van der Waals surface area contributed by atoms with Gasteiger partial charge in [-0.25, -0.2) is 0 Å². The Hall–Kier alpha value is -1.25. The van der Waals surface area contributed by atoms with E-state index in [1.165, 1.54) is 19.3 Å². The molecule has 3 heteroatoms. The van der Waals surface area contributed by atoms with Gasteiger partial charge in [0, 0.05) is 24.8 Å². The predicted molar refractivity (Wildman–Crippen MR) is 80.6 cm³/mol. The van der Waals surface area contributed by atoms with Gasteiger partial charge in [-0.2, -0.15) is 0 Å². The fourth-order valence-corrected chi connectivity index (χ4v) is 3.03. The van der Waals surface area contributed by atoms with Crippen LogP contribution in [0.4, 0.5) is 5.69 Å². The first-order valence-electron chi connectivity index (χ1n) is 7.59. The summed E-state index contributed by atoms with van der Waals surface area (Å²) in [5.41, 5.74) is 1.18. The fraction of sp³-hybridized carbons (Fsp3) is 0.688. The summed E-state index contributed by atoms with van der Waals surface area (Å²) in [5.74, 6) is 1.48. The minimum atomic E-state index is 0.0949. The number of hydrogen-bond acceptors (Lipinski definition) is 2. The average Bonchev–Trinajstić information content (AvgIpc) is 2.39. The summed E-state index contributed by atoms with van der Waals surface area (Å²) in [7, 11) is 0. The maximum Gasteiger partial charge on any atom is 0.250 e. The van der Waals surface area contributed by atoms with Crippen molar-refractivity contribution in [3.63, 3.8) is 0 Å². The maximum atomic E-state index is 11.7. The van der Waals surface area contributed by atoms with Crippen molar-refractivity contribution < 1.29 is 0 Å². The standard InChI is InChI=1S/C16H26N2O/c1-4-10-18-11-14(8-9-16(18)19)17-15-7-5-6-12(2)13(15)3/h8-9,11-13,15,17H,4-7,10H2,1-3H3. The van der Waals surface area contributed by atoms with Crippen LogP contribution in [0.1, 0.15) is 46.5 Å². The second kappa shape index (κ2) is 6.27. The molecule has 3 unspecified atom stereocenters. The SMILES string of the molecule is CCCn1cc(NC2CCCC(C)C2C)ccc1=O. The molecular formula is C16H26N2O. The van der Waals surface area contributed by atoms with Gasteiger partial charge in [0.05, 0.1) is 5.69 Å². The smallest absolute Gasteiger partial charge is 0.250 e. The average molecular weight is 262 g/mol. The van der Waals surface area contributed by atoms with Crippen LogP contribution in [0.25, 0.3) is 0 Å². The Morgan fingerprint density at radius 2 is 2.11 bits per heavy atom. The third-order valence-corrected chi connectivity index (χ3v) is 4.51. The number of rotatable bonds is 4. The summed E-state index contributed by atoms with van der Waals surface area (Å²) in [4.78, 5) is 11.7. The van der Waals surface area contributed by atoms with E-state index >= 15 is 0 Å². The van der Waals surface area contributed by atoms with Crippen LogP contribution >= 0.6 is 0 Å². The first-order valence-corrected chi connectivity index (χ1v) is 7.59. The number of nitrogens with zero attached hydrogens (tertiary/aromatic N) is 1. The molecule has 106 valence electrons. The molecule has 3 atom stereocenters. The van der Waals surface area contributed by atoms with Crippen molar-refractivity contribution in [2.75, 3.05) is 5.32 Å². The van der Waals surface area contributed by atoms with Crippen molar-refractivity contribution in [2.24, 2.45) is 11.8 Å². The highest BCUT2D eigenvalue weighted by Crippen LogP contribution is 2.31. The molecule has 19 heavy (non-hydrogen) atoms. The molecule has 3 nitrogen and oxygen atoms in total. The topological polar surface area (TPSA) is 34.0 Å². The van der Waals surface area contributed by atoms with Crippen molar-refractivity contribution in [3.05, 3.63) is 28.7 Å². The highest BCUT2D eigenvalue weighted by Gasteiger charge is 2.26. The van der Waals surface area contributed by atoms with Gasteiger partial charge in [0.1, 0.15) is 0 Å². The van der Waals surface area contributed by atoms with Gasteiger partial charge >= 0.3 is 0 Å². The molecule has 1 aliphatic carbocycles. The molecule has 1 aliphatic rings. The maximum absolute atomic E-state index is 11.7. The molecule has 0 saturated heterocycles. The summed E-state index contributed by atoms with van der Waals surface area (Å²) in [6.07, 6.45) is 6.84. The van der Waals surface area contributed by atoms with E-state index in [-0.39, 0.29) is 5.56 Å². The molecule has 1 fully saturated rings. The zero-order valence-electron chi connectivity index (χ0n) is 12.4. The van der Waals surface area contributed by atoms with Gasteiger partial charge in [0.25, 0.3) is 5.56 Å². The number of anilines is 1. The Bertz CT molecular complexity index is 466. The van der Waals surface area contributed by atoms with E-state index in [2.05, 4.69) is 26.1 Å².